The minimum Gasteiger partial charge on any atom is -0.493 e. The van der Waals surface area contributed by atoms with Crippen molar-refractivity contribution in [1.82, 2.24) is 19.4 Å². The topological polar surface area (TPSA) is 94.8 Å². The molecule has 0 aliphatic carbocycles. The lowest BCUT2D eigenvalue weighted by molar-refractivity contribution is -0.140. The Morgan fingerprint density at radius 1 is 1.18 bits per heavy atom. The molecule has 9 heteroatoms. The number of methoxy groups -OCH3 is 1. The zero-order valence-corrected chi connectivity index (χ0v) is 23.1. The summed E-state index contributed by atoms with van der Waals surface area (Å²) in [5.74, 6) is -0.376. The van der Waals surface area contributed by atoms with E-state index in [1.807, 2.05) is 43.3 Å². The summed E-state index contributed by atoms with van der Waals surface area (Å²) in [5.41, 5.74) is 3.02. The van der Waals surface area contributed by atoms with Crippen molar-refractivity contribution in [1.29, 1.82) is 0 Å². The Balaban J connectivity index is 1.66. The molecule has 0 unspecified atom stereocenters. The zero-order chi connectivity index (χ0) is 28.3. The van der Waals surface area contributed by atoms with E-state index in [0.717, 1.165) is 22.2 Å². The molecule has 4 rings (SSSR count). The van der Waals surface area contributed by atoms with Gasteiger partial charge in [0.15, 0.2) is 11.4 Å². The summed E-state index contributed by atoms with van der Waals surface area (Å²) in [5, 5.41) is 4.36. The summed E-state index contributed by atoms with van der Waals surface area (Å²) < 4.78 is 14.2. The Morgan fingerprint density at radius 3 is 2.51 bits per heavy atom. The lowest BCUT2D eigenvalue weighted by Gasteiger charge is -2.34. The second kappa shape index (κ2) is 11.6. The van der Waals surface area contributed by atoms with Gasteiger partial charge in [0.25, 0.3) is 11.5 Å². The molecule has 0 spiro atoms. The summed E-state index contributed by atoms with van der Waals surface area (Å²) in [4.78, 5) is 40.7. The molecule has 0 radical (unpaired) electrons. The molecule has 1 aromatic carbocycles. The first kappa shape index (κ1) is 27.8. The van der Waals surface area contributed by atoms with Gasteiger partial charge < -0.3 is 28.8 Å². The first-order chi connectivity index (χ1) is 18.7. The lowest BCUT2D eigenvalue weighted by atomic mass is 10.0. The van der Waals surface area contributed by atoms with Crippen molar-refractivity contribution in [3.63, 3.8) is 0 Å². The van der Waals surface area contributed by atoms with Crippen LogP contribution in [0.1, 0.15) is 37.2 Å². The molecule has 3 heterocycles. The number of hydrogen-bond acceptors (Lipinski definition) is 6. The molecule has 1 amide bonds. The minimum absolute atomic E-state index is 0.0597. The molecule has 3 aromatic rings. The molecular formula is C30H36N4O5. The minimum atomic E-state index is -0.343. The van der Waals surface area contributed by atoms with Gasteiger partial charge in [-0.2, -0.15) is 0 Å². The number of para-hydroxylation sites is 1. The van der Waals surface area contributed by atoms with Gasteiger partial charge in [0.05, 0.1) is 24.7 Å². The Hall–Kier alpha value is -4.27. The van der Waals surface area contributed by atoms with Gasteiger partial charge in [-0.25, -0.2) is 0 Å². The van der Waals surface area contributed by atoms with E-state index in [0.29, 0.717) is 49.1 Å². The van der Waals surface area contributed by atoms with Crippen LogP contribution >= 0.6 is 0 Å². The average molecular weight is 533 g/mol. The number of nitrogens with one attached hydrogen (secondary N) is 1. The van der Waals surface area contributed by atoms with Gasteiger partial charge in [0.2, 0.25) is 0 Å². The van der Waals surface area contributed by atoms with Crippen LogP contribution in [0, 0.1) is 0 Å². The fourth-order valence-corrected chi connectivity index (χ4v) is 5.30. The number of piperidine rings is 1. The van der Waals surface area contributed by atoms with Crippen molar-refractivity contribution in [2.75, 3.05) is 26.8 Å². The van der Waals surface area contributed by atoms with E-state index >= 15 is 0 Å². The first-order valence-corrected chi connectivity index (χ1v) is 13.0. The molecule has 1 fully saturated rings. The Kier molecular flexibility index (Phi) is 8.28. The number of allylic oxidation sites excluding steroid dienone is 3. The van der Waals surface area contributed by atoms with Gasteiger partial charge in [0.1, 0.15) is 12.0 Å². The molecule has 0 atom stereocenters. The predicted molar refractivity (Wildman–Crippen MR) is 153 cm³/mol. The van der Waals surface area contributed by atoms with Crippen LogP contribution in [-0.4, -0.2) is 58.8 Å². The average Bonchev–Trinajstić information content (AvgIpc) is 3.22. The van der Waals surface area contributed by atoms with Crippen LogP contribution in [0.4, 0.5) is 0 Å². The Labute approximate surface area is 228 Å². The summed E-state index contributed by atoms with van der Waals surface area (Å²) in [6.45, 7) is 13.2. The number of aromatic nitrogens is 2. The summed E-state index contributed by atoms with van der Waals surface area (Å²) in [7, 11) is 3.27. The third kappa shape index (κ3) is 5.48. The van der Waals surface area contributed by atoms with Crippen LogP contribution in [0.2, 0.25) is 0 Å². The second-order valence-electron chi connectivity index (χ2n) is 9.81. The molecule has 0 saturated carbocycles. The van der Waals surface area contributed by atoms with E-state index in [4.69, 9.17) is 9.47 Å². The van der Waals surface area contributed by atoms with Crippen molar-refractivity contribution in [3.8, 4) is 5.75 Å². The highest BCUT2D eigenvalue weighted by Crippen LogP contribution is 2.35. The molecule has 0 bridgehead atoms. The third-order valence-electron chi connectivity index (χ3n) is 7.16. The highest BCUT2D eigenvalue weighted by molar-refractivity contribution is 6.12. The predicted octanol–water partition coefficient (Wildman–Crippen LogP) is 3.91. The number of amides is 1. The van der Waals surface area contributed by atoms with Crippen LogP contribution in [0.25, 0.3) is 21.8 Å². The largest absolute Gasteiger partial charge is 0.493 e. The standard InChI is InChI=1S/C30H36N4O5/c1-7-10-19(2)17-34-24-12-9-8-11-23(24)26-25(30(34)37)28(38-6)27(32(26)5)29(36)31-22-13-15-33(16-14-22)20(3)18-39-21(4)35/h7-12,22H,2-3,13-18H2,1,4-6H3,(H,31,36)/b10-7-. The molecule has 1 N–H and O–H groups in total. The summed E-state index contributed by atoms with van der Waals surface area (Å²) in [6.07, 6.45) is 5.18. The number of aryl methyl sites for hydroxylation is 1. The van der Waals surface area contributed by atoms with Crippen molar-refractivity contribution >= 4 is 33.7 Å². The van der Waals surface area contributed by atoms with E-state index < -0.39 is 0 Å². The Bertz CT molecular complexity index is 1540. The molecule has 9 nitrogen and oxygen atoms in total. The van der Waals surface area contributed by atoms with Crippen molar-refractivity contribution < 1.29 is 19.1 Å². The number of rotatable bonds is 9. The van der Waals surface area contributed by atoms with Gasteiger partial charge in [-0.15, -0.1) is 0 Å². The number of fused-ring (bicyclic) bond motifs is 3. The van der Waals surface area contributed by atoms with Gasteiger partial charge >= 0.3 is 5.97 Å². The fraction of sp³-hybridized carbons (Fsp3) is 0.367. The third-order valence-corrected chi connectivity index (χ3v) is 7.16. The number of nitrogens with zero attached hydrogens (tertiary/aromatic N) is 3. The van der Waals surface area contributed by atoms with Crippen LogP contribution < -0.4 is 15.6 Å². The molecule has 206 valence electrons. The number of pyridine rings is 1. The highest BCUT2D eigenvalue weighted by Gasteiger charge is 2.29. The van der Waals surface area contributed by atoms with Crippen LogP contribution in [0.3, 0.4) is 0 Å². The number of esters is 1. The summed E-state index contributed by atoms with van der Waals surface area (Å²) in [6, 6.07) is 7.60. The maximum Gasteiger partial charge on any atom is 0.303 e. The number of carbonyl (C=O) groups excluding carboxylic acids is 2. The SMILES string of the molecule is C=C(/C=C\C)Cn1c(=O)c2c(OC)c(C(=O)NC3CCN(C(=C)COC(C)=O)CC3)n(C)c2c2ccccc21. The summed E-state index contributed by atoms with van der Waals surface area (Å²) >= 11 is 0. The molecule has 1 saturated heterocycles. The molecule has 2 aromatic heterocycles. The monoisotopic (exact) mass is 532 g/mol. The van der Waals surface area contributed by atoms with Crippen LogP contribution in [-0.2, 0) is 23.1 Å². The maximum atomic E-state index is 13.9. The van der Waals surface area contributed by atoms with E-state index in [-0.39, 0.29) is 35.8 Å². The van der Waals surface area contributed by atoms with Gasteiger partial charge in [-0.1, -0.05) is 43.5 Å². The van der Waals surface area contributed by atoms with E-state index in [2.05, 4.69) is 23.4 Å². The van der Waals surface area contributed by atoms with Gasteiger partial charge in [0, 0.05) is 44.2 Å². The van der Waals surface area contributed by atoms with E-state index in [1.54, 1.807) is 16.2 Å². The molecule has 39 heavy (non-hydrogen) atoms. The molecule has 1 aliphatic heterocycles. The van der Waals surface area contributed by atoms with Crippen molar-refractivity contribution in [3.05, 3.63) is 76.9 Å². The number of ether oxygens (including phenoxy) is 2. The molecule has 1 aliphatic rings. The van der Waals surface area contributed by atoms with E-state index in [9.17, 15) is 14.4 Å². The van der Waals surface area contributed by atoms with E-state index in [1.165, 1.54) is 14.0 Å². The van der Waals surface area contributed by atoms with Crippen molar-refractivity contribution in [2.45, 2.75) is 39.3 Å². The van der Waals surface area contributed by atoms with Crippen molar-refractivity contribution in [2.24, 2.45) is 7.05 Å². The Morgan fingerprint density at radius 2 is 1.87 bits per heavy atom. The zero-order valence-electron chi connectivity index (χ0n) is 23.1. The highest BCUT2D eigenvalue weighted by atomic mass is 16.5. The second-order valence-corrected chi connectivity index (χ2v) is 9.81. The smallest absolute Gasteiger partial charge is 0.303 e. The lowest BCUT2D eigenvalue weighted by Crippen LogP contribution is -2.45. The van der Waals surface area contributed by atoms with Gasteiger partial charge in [-0.3, -0.25) is 14.4 Å². The normalized spacial score (nSPS) is 14.2. The number of benzene rings is 1. The number of carbonyl (C=O) groups is 2. The molecular weight excluding hydrogens is 496 g/mol. The van der Waals surface area contributed by atoms with Crippen LogP contribution in [0.5, 0.6) is 5.75 Å². The van der Waals surface area contributed by atoms with Crippen LogP contribution in [0.15, 0.2) is 65.6 Å². The number of likely N-dealkylation sites (tertiary alicyclic amines) is 1. The fourth-order valence-electron chi connectivity index (χ4n) is 5.30. The quantitative estimate of drug-likeness (QED) is 0.332. The maximum absolute atomic E-state index is 13.9. The van der Waals surface area contributed by atoms with Gasteiger partial charge in [-0.05, 0) is 31.4 Å². The first-order valence-electron chi connectivity index (χ1n) is 13.0. The number of hydrogen-bond donors (Lipinski definition) is 1.